The van der Waals surface area contributed by atoms with Gasteiger partial charge in [0.25, 0.3) is 0 Å². The lowest BCUT2D eigenvalue weighted by Crippen LogP contribution is -1.68. The Balaban J connectivity index is 1.88. The molecule has 0 aromatic carbocycles. The maximum Gasteiger partial charge on any atom is 0.138 e. The Morgan fingerprint density at radius 3 is 2.67 bits per heavy atom. The molecule has 34 valence electrons. The quantitative estimate of drug-likeness (QED) is 0.448. The summed E-state index contributed by atoms with van der Waals surface area (Å²) >= 11 is 0. The summed E-state index contributed by atoms with van der Waals surface area (Å²) in [6.07, 6.45) is 6.57. The summed E-state index contributed by atoms with van der Waals surface area (Å²) in [6.45, 7) is 2.24. The number of hydrogen-bond donors (Lipinski definition) is 0. The van der Waals surface area contributed by atoms with Crippen LogP contribution in [-0.2, 0) is 0 Å². The molecular weight excluding hydrogens is 72.1 g/mol. The zero-order chi connectivity index (χ0) is 4.41. The minimum atomic E-state index is 1.02. The van der Waals surface area contributed by atoms with Gasteiger partial charge in [0.2, 0.25) is 0 Å². The lowest BCUT2D eigenvalue weighted by atomic mass is 10.2. The first-order valence-electron chi connectivity index (χ1n) is 2.77. The van der Waals surface area contributed by atoms with Crippen LogP contribution in [0.15, 0.2) is 0 Å². The second-order valence-electron chi connectivity index (χ2n) is 2.02. The van der Waals surface area contributed by atoms with Crippen molar-refractivity contribution in [3.63, 3.8) is 0 Å². The number of rotatable bonds is 2. The monoisotopic (exact) mass is 83.1 g/mol. The van der Waals surface area contributed by atoms with Gasteiger partial charge in [-0.05, 0) is 6.42 Å². The Morgan fingerprint density at radius 1 is 1.83 bits per heavy atom. The van der Waals surface area contributed by atoms with Gasteiger partial charge in [-0.3, -0.25) is 0 Å². The van der Waals surface area contributed by atoms with Crippen LogP contribution in [0.4, 0.5) is 0 Å². The van der Waals surface area contributed by atoms with E-state index in [-0.39, 0.29) is 0 Å². The molecule has 0 saturated heterocycles. The molecule has 1 saturated carbocycles. The maximum atomic E-state index is 2.38. The minimum absolute atomic E-state index is 1.02. The smallest absolute Gasteiger partial charge is 0.0652 e. The molecule has 0 aromatic heterocycles. The molecule has 1 rings (SSSR count). The molecule has 1 fully saturated rings. The van der Waals surface area contributed by atoms with E-state index in [1.165, 1.54) is 19.3 Å². The van der Waals surface area contributed by atoms with Crippen molar-refractivity contribution in [2.24, 2.45) is 5.92 Å². The molecule has 0 heterocycles. The van der Waals surface area contributed by atoms with Crippen LogP contribution in [0.5, 0.6) is 0 Å². The van der Waals surface area contributed by atoms with E-state index < -0.39 is 0 Å². The van der Waals surface area contributed by atoms with Crippen LogP contribution in [0.2, 0.25) is 0 Å². The van der Waals surface area contributed by atoms with Crippen molar-refractivity contribution in [3.8, 4) is 0 Å². The summed E-state index contributed by atoms with van der Waals surface area (Å²) in [7, 11) is 0. The fraction of sp³-hybridized carbons (Fsp3) is 0.833. The van der Waals surface area contributed by atoms with Gasteiger partial charge in [0.05, 0.1) is 6.42 Å². The first kappa shape index (κ1) is 4.04. The van der Waals surface area contributed by atoms with E-state index in [0.717, 1.165) is 5.92 Å². The molecule has 0 radical (unpaired) electrons. The third-order valence-corrected chi connectivity index (χ3v) is 1.23. The van der Waals surface area contributed by atoms with E-state index in [1.807, 2.05) is 0 Å². The molecule has 0 N–H and O–H groups in total. The highest BCUT2D eigenvalue weighted by atomic mass is 14.2. The summed E-state index contributed by atoms with van der Waals surface area (Å²) < 4.78 is 0. The van der Waals surface area contributed by atoms with Gasteiger partial charge < -0.3 is 0 Å². The SMILES string of the molecule is CCCC1[CH+]C1. The van der Waals surface area contributed by atoms with Crippen molar-refractivity contribution in [2.75, 3.05) is 0 Å². The standard InChI is InChI=1S/C6H11/c1-2-3-6-4-5-6/h4,6H,2-3,5H2,1H3/q+1. The average molecular weight is 83.2 g/mol. The highest BCUT2D eigenvalue weighted by molar-refractivity contribution is 4.93. The highest BCUT2D eigenvalue weighted by Crippen LogP contribution is 2.31. The Morgan fingerprint density at radius 2 is 2.50 bits per heavy atom. The summed E-state index contributed by atoms with van der Waals surface area (Å²) in [5.74, 6) is 1.02. The van der Waals surface area contributed by atoms with Gasteiger partial charge in [0.1, 0.15) is 12.3 Å². The van der Waals surface area contributed by atoms with Gasteiger partial charge in [-0.25, -0.2) is 0 Å². The first-order chi connectivity index (χ1) is 2.93. The molecule has 1 unspecified atom stereocenters. The molecule has 6 heavy (non-hydrogen) atoms. The van der Waals surface area contributed by atoms with Crippen LogP contribution in [0.25, 0.3) is 0 Å². The molecule has 1 aliphatic rings. The lowest BCUT2D eigenvalue weighted by Gasteiger charge is -1.75. The van der Waals surface area contributed by atoms with E-state index in [1.54, 1.807) is 0 Å². The fourth-order valence-electron chi connectivity index (χ4n) is 0.703. The van der Waals surface area contributed by atoms with Gasteiger partial charge >= 0.3 is 0 Å². The van der Waals surface area contributed by atoms with E-state index in [4.69, 9.17) is 0 Å². The van der Waals surface area contributed by atoms with Crippen molar-refractivity contribution in [2.45, 2.75) is 26.2 Å². The van der Waals surface area contributed by atoms with Crippen LogP contribution in [-0.4, -0.2) is 0 Å². The van der Waals surface area contributed by atoms with Crippen molar-refractivity contribution in [3.05, 3.63) is 6.42 Å². The van der Waals surface area contributed by atoms with Gasteiger partial charge in [0.15, 0.2) is 0 Å². The van der Waals surface area contributed by atoms with E-state index in [0.29, 0.717) is 0 Å². The molecule has 0 aromatic rings. The van der Waals surface area contributed by atoms with Crippen LogP contribution in [0, 0.1) is 12.3 Å². The predicted octanol–water partition coefficient (Wildman–Crippen LogP) is 2.01. The molecule has 0 bridgehead atoms. The van der Waals surface area contributed by atoms with Gasteiger partial charge in [-0.1, -0.05) is 13.3 Å². The normalized spacial score (nSPS) is 29.2. The molecular formula is C6H11+. The third kappa shape index (κ3) is 0.925. The zero-order valence-corrected chi connectivity index (χ0v) is 4.28. The van der Waals surface area contributed by atoms with Crippen LogP contribution in [0.1, 0.15) is 26.2 Å². The fourth-order valence-corrected chi connectivity index (χ4v) is 0.703. The Hall–Kier alpha value is -0.130. The van der Waals surface area contributed by atoms with Crippen molar-refractivity contribution >= 4 is 0 Å². The minimum Gasteiger partial charge on any atom is -0.0652 e. The molecule has 1 atom stereocenters. The van der Waals surface area contributed by atoms with Gasteiger partial charge in [-0.15, -0.1) is 0 Å². The maximum absolute atomic E-state index is 2.38. The largest absolute Gasteiger partial charge is 0.138 e. The molecule has 0 spiro atoms. The number of hydrogen-bond acceptors (Lipinski definition) is 0. The predicted molar refractivity (Wildman–Crippen MR) is 27.3 cm³/mol. The Kier molecular flexibility index (Phi) is 1.04. The van der Waals surface area contributed by atoms with Crippen molar-refractivity contribution in [1.82, 2.24) is 0 Å². The second kappa shape index (κ2) is 1.55. The molecule has 0 amide bonds. The van der Waals surface area contributed by atoms with E-state index >= 15 is 0 Å². The lowest BCUT2D eigenvalue weighted by molar-refractivity contribution is 0.726. The van der Waals surface area contributed by atoms with Crippen LogP contribution < -0.4 is 0 Å². The Bertz CT molecular complexity index is 35.3. The molecule has 0 aliphatic heterocycles. The zero-order valence-electron chi connectivity index (χ0n) is 4.28. The molecule has 0 nitrogen and oxygen atoms in total. The molecule has 1 aliphatic carbocycles. The van der Waals surface area contributed by atoms with Gasteiger partial charge in [-0.2, -0.15) is 0 Å². The summed E-state index contributed by atoms with van der Waals surface area (Å²) in [5, 5.41) is 0. The van der Waals surface area contributed by atoms with Crippen molar-refractivity contribution < 1.29 is 0 Å². The van der Waals surface area contributed by atoms with Crippen molar-refractivity contribution in [1.29, 1.82) is 0 Å². The summed E-state index contributed by atoms with van der Waals surface area (Å²) in [4.78, 5) is 0. The second-order valence-corrected chi connectivity index (χ2v) is 2.02. The van der Waals surface area contributed by atoms with Crippen LogP contribution in [0.3, 0.4) is 0 Å². The Labute approximate surface area is 39.6 Å². The van der Waals surface area contributed by atoms with Crippen LogP contribution >= 0.6 is 0 Å². The average Bonchev–Trinajstić information content (AvgIpc) is 2.21. The molecule has 0 heteroatoms. The third-order valence-electron chi connectivity index (χ3n) is 1.23. The van der Waals surface area contributed by atoms with E-state index in [9.17, 15) is 0 Å². The van der Waals surface area contributed by atoms with E-state index in [2.05, 4.69) is 13.3 Å². The summed E-state index contributed by atoms with van der Waals surface area (Å²) in [6, 6.07) is 0. The highest BCUT2D eigenvalue weighted by Gasteiger charge is 2.33. The topological polar surface area (TPSA) is 0 Å². The first-order valence-corrected chi connectivity index (χ1v) is 2.77. The van der Waals surface area contributed by atoms with Gasteiger partial charge in [0, 0.05) is 0 Å². The summed E-state index contributed by atoms with van der Waals surface area (Å²) in [5.41, 5.74) is 0.